The molecule has 0 radical (unpaired) electrons. The van der Waals surface area contributed by atoms with Crippen molar-refractivity contribution in [3.63, 3.8) is 0 Å². The van der Waals surface area contributed by atoms with E-state index in [1.807, 2.05) is 0 Å². The Bertz CT molecular complexity index is 665. The SMILES string of the molecule is C[C@H]1C[C@]2(CCN1)C(=NC1CCCCC1)NC(=O)N2C1=CC=C(I)CC1. The molecule has 1 saturated carbocycles. The number of allylic oxidation sites excluding steroid dienone is 4. The Kier molecular flexibility index (Phi) is 5.41. The summed E-state index contributed by atoms with van der Waals surface area (Å²) < 4.78 is 1.36. The van der Waals surface area contributed by atoms with Gasteiger partial charge in [0.2, 0.25) is 0 Å². The number of hydrogen-bond acceptors (Lipinski definition) is 3. The van der Waals surface area contributed by atoms with Crippen LogP contribution in [0.15, 0.2) is 26.4 Å². The molecule has 0 aromatic heterocycles. The molecule has 2 saturated heterocycles. The fourth-order valence-corrected chi connectivity index (χ4v) is 5.39. The molecule has 26 heavy (non-hydrogen) atoms. The van der Waals surface area contributed by atoms with E-state index in [1.54, 1.807) is 0 Å². The van der Waals surface area contributed by atoms with Gasteiger partial charge in [-0.2, -0.15) is 0 Å². The molecule has 4 aliphatic rings. The fraction of sp³-hybridized carbons (Fsp3) is 0.700. The van der Waals surface area contributed by atoms with Crippen molar-refractivity contribution in [1.82, 2.24) is 15.5 Å². The number of amides is 2. The minimum Gasteiger partial charge on any atom is -0.314 e. The summed E-state index contributed by atoms with van der Waals surface area (Å²) >= 11 is 2.39. The normalized spacial score (nSPS) is 34.8. The second kappa shape index (κ2) is 7.62. The summed E-state index contributed by atoms with van der Waals surface area (Å²) in [5.41, 5.74) is 0.854. The Hall–Kier alpha value is -0.890. The third kappa shape index (κ3) is 3.46. The smallest absolute Gasteiger partial charge is 0.314 e. The molecule has 1 spiro atoms. The predicted molar refractivity (Wildman–Crippen MR) is 114 cm³/mol. The van der Waals surface area contributed by atoms with Gasteiger partial charge in [0.05, 0.1) is 6.04 Å². The largest absolute Gasteiger partial charge is 0.327 e. The molecular weight excluding hydrogens is 439 g/mol. The number of carbonyl (C=O) groups excluding carboxylic acids is 1. The van der Waals surface area contributed by atoms with Gasteiger partial charge in [-0.05, 0) is 84.2 Å². The number of aliphatic imine (C=N–C) groups is 1. The van der Waals surface area contributed by atoms with Gasteiger partial charge < -0.3 is 5.32 Å². The van der Waals surface area contributed by atoms with E-state index < -0.39 is 0 Å². The van der Waals surface area contributed by atoms with E-state index >= 15 is 0 Å². The van der Waals surface area contributed by atoms with Crippen LogP contribution < -0.4 is 10.6 Å². The second-order valence-electron chi connectivity index (χ2n) is 8.15. The molecule has 5 nitrogen and oxygen atoms in total. The molecule has 2 aliphatic heterocycles. The van der Waals surface area contributed by atoms with Crippen molar-refractivity contribution in [2.45, 2.75) is 82.3 Å². The van der Waals surface area contributed by atoms with Crippen molar-refractivity contribution in [1.29, 1.82) is 0 Å². The molecule has 2 atom stereocenters. The summed E-state index contributed by atoms with van der Waals surface area (Å²) in [6.45, 7) is 3.15. The van der Waals surface area contributed by atoms with Crippen LogP contribution in [-0.4, -0.2) is 40.9 Å². The average Bonchev–Trinajstić information content (AvgIpc) is 2.87. The minimum absolute atomic E-state index is 0.0187. The summed E-state index contributed by atoms with van der Waals surface area (Å²) in [5, 5.41) is 6.74. The molecule has 2 amide bonds. The number of nitrogens with one attached hydrogen (secondary N) is 2. The van der Waals surface area contributed by atoms with Crippen LogP contribution in [0, 0.1) is 0 Å². The molecule has 4 rings (SSSR count). The fourth-order valence-electron chi connectivity index (χ4n) is 4.94. The predicted octanol–water partition coefficient (Wildman–Crippen LogP) is 4.25. The van der Waals surface area contributed by atoms with E-state index in [4.69, 9.17) is 4.99 Å². The van der Waals surface area contributed by atoms with Crippen LogP contribution >= 0.6 is 22.6 Å². The number of amidine groups is 1. The van der Waals surface area contributed by atoms with Crippen LogP contribution in [0.2, 0.25) is 0 Å². The van der Waals surface area contributed by atoms with Crippen molar-refractivity contribution in [3.8, 4) is 0 Å². The van der Waals surface area contributed by atoms with Gasteiger partial charge in [0.1, 0.15) is 11.4 Å². The molecule has 0 aromatic carbocycles. The maximum atomic E-state index is 13.0. The summed E-state index contributed by atoms with van der Waals surface area (Å²) in [4.78, 5) is 20.2. The van der Waals surface area contributed by atoms with Gasteiger partial charge in [-0.3, -0.25) is 15.2 Å². The van der Waals surface area contributed by atoms with Crippen molar-refractivity contribution in [3.05, 3.63) is 21.4 Å². The topological polar surface area (TPSA) is 56.7 Å². The van der Waals surface area contributed by atoms with Crippen molar-refractivity contribution >= 4 is 34.5 Å². The molecule has 2 N–H and O–H groups in total. The van der Waals surface area contributed by atoms with Crippen LogP contribution in [0.25, 0.3) is 0 Å². The van der Waals surface area contributed by atoms with E-state index in [2.05, 4.69) is 57.2 Å². The third-order valence-electron chi connectivity index (χ3n) is 6.22. The number of urea groups is 1. The lowest BCUT2D eigenvalue weighted by Gasteiger charge is -2.44. The van der Waals surface area contributed by atoms with Crippen molar-refractivity contribution < 1.29 is 4.79 Å². The van der Waals surface area contributed by atoms with E-state index in [0.717, 1.165) is 56.6 Å². The zero-order chi connectivity index (χ0) is 18.1. The molecule has 3 fully saturated rings. The quantitative estimate of drug-likeness (QED) is 0.596. The number of hydrogen-bond donors (Lipinski definition) is 2. The summed E-state index contributed by atoms with van der Waals surface area (Å²) in [5.74, 6) is 0.938. The highest BCUT2D eigenvalue weighted by molar-refractivity contribution is 14.1. The number of rotatable bonds is 2. The van der Waals surface area contributed by atoms with E-state index in [0.29, 0.717) is 12.1 Å². The van der Waals surface area contributed by atoms with Gasteiger partial charge in [-0.1, -0.05) is 25.3 Å². The zero-order valence-corrected chi connectivity index (χ0v) is 17.7. The number of nitrogens with zero attached hydrogens (tertiary/aromatic N) is 2. The molecule has 0 aromatic rings. The van der Waals surface area contributed by atoms with Crippen LogP contribution in [0.5, 0.6) is 0 Å². The first-order chi connectivity index (χ1) is 12.6. The second-order valence-corrected chi connectivity index (χ2v) is 9.53. The Labute approximate surface area is 169 Å². The van der Waals surface area contributed by atoms with Gasteiger partial charge in [-0.15, -0.1) is 0 Å². The summed E-state index contributed by atoms with van der Waals surface area (Å²) in [7, 11) is 0. The van der Waals surface area contributed by atoms with E-state index in [9.17, 15) is 4.79 Å². The highest BCUT2D eigenvalue weighted by Gasteiger charge is 2.53. The maximum Gasteiger partial charge on any atom is 0.327 e. The molecule has 0 bridgehead atoms. The number of carbonyl (C=O) groups is 1. The Balaban J connectivity index is 1.71. The first-order valence-corrected chi connectivity index (χ1v) is 11.1. The Morgan fingerprint density at radius 3 is 2.73 bits per heavy atom. The zero-order valence-electron chi connectivity index (χ0n) is 15.6. The van der Waals surface area contributed by atoms with E-state index in [-0.39, 0.29) is 11.6 Å². The summed E-state index contributed by atoms with van der Waals surface area (Å²) in [6.07, 6.45) is 14.3. The molecular formula is C20H29IN4O. The summed E-state index contributed by atoms with van der Waals surface area (Å²) in [6, 6.07) is 0.780. The average molecular weight is 468 g/mol. The standard InChI is InChI=1S/C20H29IN4O/c1-14-13-20(11-12-22-14)18(23-16-5-3-2-4-6-16)24-19(26)25(20)17-9-7-15(21)8-10-17/h7,9,14,16,22H,2-6,8,10-13H2,1H3,(H,23,24,26)/t14-,20+/m0/s1. The van der Waals surface area contributed by atoms with Crippen LogP contribution in [0.3, 0.4) is 0 Å². The Morgan fingerprint density at radius 2 is 2.04 bits per heavy atom. The first-order valence-electron chi connectivity index (χ1n) is 10.1. The highest BCUT2D eigenvalue weighted by atomic mass is 127. The van der Waals surface area contributed by atoms with Gasteiger partial charge in [0.15, 0.2) is 0 Å². The van der Waals surface area contributed by atoms with Crippen LogP contribution in [0.4, 0.5) is 4.79 Å². The lowest BCUT2D eigenvalue weighted by Crippen LogP contribution is -2.58. The van der Waals surface area contributed by atoms with Crippen LogP contribution in [0.1, 0.15) is 64.7 Å². The maximum absolute atomic E-state index is 13.0. The lowest BCUT2D eigenvalue weighted by atomic mass is 9.82. The van der Waals surface area contributed by atoms with Gasteiger partial charge >= 0.3 is 6.03 Å². The highest BCUT2D eigenvalue weighted by Crippen LogP contribution is 2.40. The molecule has 0 unspecified atom stereocenters. The van der Waals surface area contributed by atoms with Crippen LogP contribution in [-0.2, 0) is 0 Å². The number of piperidine rings is 1. The molecule has 2 aliphatic carbocycles. The third-order valence-corrected chi connectivity index (χ3v) is 7.12. The van der Waals surface area contributed by atoms with Crippen molar-refractivity contribution in [2.24, 2.45) is 4.99 Å². The van der Waals surface area contributed by atoms with Gasteiger partial charge in [-0.25, -0.2) is 4.79 Å². The first kappa shape index (κ1) is 18.5. The Morgan fingerprint density at radius 1 is 1.23 bits per heavy atom. The van der Waals surface area contributed by atoms with E-state index in [1.165, 1.54) is 22.8 Å². The monoisotopic (exact) mass is 468 g/mol. The minimum atomic E-state index is -0.290. The molecule has 6 heteroatoms. The lowest BCUT2D eigenvalue weighted by molar-refractivity contribution is 0.160. The van der Waals surface area contributed by atoms with Gasteiger partial charge in [0, 0.05) is 11.7 Å². The molecule has 2 heterocycles. The van der Waals surface area contributed by atoms with Gasteiger partial charge in [0.25, 0.3) is 0 Å². The molecule has 142 valence electrons. The van der Waals surface area contributed by atoms with Crippen molar-refractivity contribution in [2.75, 3.05) is 6.54 Å². The number of halogens is 1.